The predicted molar refractivity (Wildman–Crippen MR) is 42.3 cm³/mol. The van der Waals surface area contributed by atoms with Crippen LogP contribution in [0.15, 0.2) is 0 Å². The fraction of sp³-hybridized carbons (Fsp3) is 0.778. The maximum Gasteiger partial charge on any atom is 0.0445 e. The van der Waals surface area contributed by atoms with Crippen LogP contribution in [-0.2, 0) is 9.59 Å². The molecule has 0 amide bonds. The van der Waals surface area contributed by atoms with Gasteiger partial charge < -0.3 is 19.8 Å². The van der Waals surface area contributed by atoms with E-state index in [-0.39, 0.29) is 6.42 Å². The van der Waals surface area contributed by atoms with Crippen molar-refractivity contribution in [3.05, 3.63) is 0 Å². The van der Waals surface area contributed by atoms with E-state index in [9.17, 15) is 19.8 Å². The van der Waals surface area contributed by atoms with Gasteiger partial charge in [-0.15, -0.1) is 0 Å². The van der Waals surface area contributed by atoms with Crippen LogP contribution >= 0.6 is 0 Å². The second kappa shape index (κ2) is 6.46. The van der Waals surface area contributed by atoms with Crippen LogP contribution < -0.4 is 10.2 Å². The van der Waals surface area contributed by atoms with Crippen molar-refractivity contribution in [2.45, 2.75) is 39.0 Å². The summed E-state index contributed by atoms with van der Waals surface area (Å²) in [5.41, 5.74) is 0. The van der Waals surface area contributed by atoms with E-state index in [1.807, 2.05) is 0 Å². The molecule has 0 saturated carbocycles. The SMILES string of the molecule is CCC(CCCCC(=O)[O-])C(=O)[O-]. The Morgan fingerprint density at radius 2 is 1.85 bits per heavy atom. The number of hydrogen-bond acceptors (Lipinski definition) is 4. The predicted octanol–water partition coefficient (Wildman–Crippen LogP) is -0.927. The van der Waals surface area contributed by atoms with Gasteiger partial charge in [0.1, 0.15) is 0 Å². The zero-order chi connectivity index (χ0) is 10.3. The average molecular weight is 186 g/mol. The van der Waals surface area contributed by atoms with Gasteiger partial charge in [0.05, 0.1) is 0 Å². The average Bonchev–Trinajstić information content (AvgIpc) is 2.03. The van der Waals surface area contributed by atoms with Crippen molar-refractivity contribution in [3.8, 4) is 0 Å². The molecule has 0 spiro atoms. The van der Waals surface area contributed by atoms with Gasteiger partial charge in [-0.05, 0) is 31.6 Å². The summed E-state index contributed by atoms with van der Waals surface area (Å²) in [5.74, 6) is -2.57. The van der Waals surface area contributed by atoms with Gasteiger partial charge in [0.25, 0.3) is 0 Å². The van der Waals surface area contributed by atoms with Crippen molar-refractivity contribution < 1.29 is 19.8 Å². The number of carbonyl (C=O) groups excluding carboxylic acids is 2. The molecule has 4 nitrogen and oxygen atoms in total. The van der Waals surface area contributed by atoms with Gasteiger partial charge in [0.15, 0.2) is 0 Å². The van der Waals surface area contributed by atoms with Crippen molar-refractivity contribution in [1.29, 1.82) is 0 Å². The van der Waals surface area contributed by atoms with E-state index in [2.05, 4.69) is 0 Å². The monoisotopic (exact) mass is 186 g/mol. The van der Waals surface area contributed by atoms with E-state index in [1.165, 1.54) is 0 Å². The first kappa shape index (κ1) is 11.9. The highest BCUT2D eigenvalue weighted by Gasteiger charge is 2.05. The highest BCUT2D eigenvalue weighted by atomic mass is 16.4. The molecule has 0 heterocycles. The molecule has 1 unspecified atom stereocenters. The number of unbranched alkanes of at least 4 members (excludes halogenated alkanes) is 1. The van der Waals surface area contributed by atoms with E-state index in [4.69, 9.17) is 0 Å². The maximum atomic E-state index is 10.4. The summed E-state index contributed by atoms with van der Waals surface area (Å²) in [6, 6.07) is 0. The standard InChI is InChI=1S/C9H16O4/c1-2-7(9(12)13)5-3-4-6-8(10)11/h7H,2-6H2,1H3,(H,10,11)(H,12,13)/p-2. The van der Waals surface area contributed by atoms with Crippen molar-refractivity contribution in [2.24, 2.45) is 5.92 Å². The first-order chi connectivity index (χ1) is 6.07. The van der Waals surface area contributed by atoms with Gasteiger partial charge in [-0.1, -0.05) is 13.3 Å². The van der Waals surface area contributed by atoms with Crippen LogP contribution in [-0.4, -0.2) is 11.9 Å². The summed E-state index contributed by atoms with van der Waals surface area (Å²) in [6.07, 6.45) is 2.11. The first-order valence-corrected chi connectivity index (χ1v) is 4.48. The van der Waals surface area contributed by atoms with E-state index < -0.39 is 17.9 Å². The molecule has 0 aromatic carbocycles. The minimum absolute atomic E-state index is 0.00345. The number of aliphatic carboxylic acids is 2. The topological polar surface area (TPSA) is 80.3 Å². The Bertz CT molecular complexity index is 176. The minimum Gasteiger partial charge on any atom is -0.550 e. The summed E-state index contributed by atoms with van der Waals surface area (Å²) < 4.78 is 0. The summed E-state index contributed by atoms with van der Waals surface area (Å²) in [5, 5.41) is 20.4. The van der Waals surface area contributed by atoms with Crippen molar-refractivity contribution in [1.82, 2.24) is 0 Å². The Hall–Kier alpha value is -1.06. The van der Waals surface area contributed by atoms with E-state index in [0.29, 0.717) is 25.7 Å². The Kier molecular flexibility index (Phi) is 5.93. The second-order valence-electron chi connectivity index (χ2n) is 3.04. The summed E-state index contributed by atoms with van der Waals surface area (Å²) in [7, 11) is 0. The molecule has 0 saturated heterocycles. The molecule has 0 N–H and O–H groups in total. The number of carboxylic acid groups (broad SMARTS) is 2. The fourth-order valence-corrected chi connectivity index (χ4v) is 1.15. The molecule has 0 fully saturated rings. The van der Waals surface area contributed by atoms with E-state index in [0.717, 1.165) is 0 Å². The number of hydrogen-bond donors (Lipinski definition) is 0. The fourth-order valence-electron chi connectivity index (χ4n) is 1.15. The molecule has 0 radical (unpaired) electrons. The van der Waals surface area contributed by atoms with Crippen molar-refractivity contribution in [3.63, 3.8) is 0 Å². The molecule has 0 aliphatic heterocycles. The van der Waals surface area contributed by atoms with Gasteiger partial charge in [0, 0.05) is 11.9 Å². The van der Waals surface area contributed by atoms with Crippen molar-refractivity contribution in [2.75, 3.05) is 0 Å². The molecule has 4 heteroatoms. The zero-order valence-corrected chi connectivity index (χ0v) is 7.75. The Balaban J connectivity index is 3.50. The van der Waals surface area contributed by atoms with Crippen LogP contribution in [0.5, 0.6) is 0 Å². The molecular formula is C9H14O4-2. The van der Waals surface area contributed by atoms with Crippen LogP contribution in [0.1, 0.15) is 39.0 Å². The lowest BCUT2D eigenvalue weighted by Crippen LogP contribution is -2.30. The molecule has 76 valence electrons. The normalized spacial score (nSPS) is 12.4. The minimum atomic E-state index is -1.08. The van der Waals surface area contributed by atoms with Gasteiger partial charge in [-0.3, -0.25) is 0 Å². The van der Waals surface area contributed by atoms with Gasteiger partial charge in [-0.2, -0.15) is 0 Å². The maximum absolute atomic E-state index is 10.4. The smallest absolute Gasteiger partial charge is 0.0445 e. The zero-order valence-electron chi connectivity index (χ0n) is 7.75. The molecule has 13 heavy (non-hydrogen) atoms. The largest absolute Gasteiger partial charge is 0.550 e. The molecule has 0 bridgehead atoms. The summed E-state index contributed by atoms with van der Waals surface area (Å²) in [4.78, 5) is 20.4. The Morgan fingerprint density at radius 3 is 2.23 bits per heavy atom. The van der Waals surface area contributed by atoms with E-state index in [1.54, 1.807) is 6.92 Å². The lowest BCUT2D eigenvalue weighted by Gasteiger charge is -2.15. The molecule has 0 aromatic heterocycles. The number of carboxylic acids is 2. The van der Waals surface area contributed by atoms with Crippen LogP contribution in [0.3, 0.4) is 0 Å². The third kappa shape index (κ3) is 6.13. The molecule has 0 aliphatic rings. The number of carbonyl (C=O) groups is 2. The van der Waals surface area contributed by atoms with Crippen LogP contribution in [0.4, 0.5) is 0 Å². The van der Waals surface area contributed by atoms with Crippen molar-refractivity contribution >= 4 is 11.9 Å². The molecule has 0 aliphatic carbocycles. The Morgan fingerprint density at radius 1 is 1.23 bits per heavy atom. The van der Waals surface area contributed by atoms with Crippen LogP contribution in [0, 0.1) is 5.92 Å². The third-order valence-corrected chi connectivity index (χ3v) is 2.01. The highest BCUT2D eigenvalue weighted by Crippen LogP contribution is 2.12. The third-order valence-electron chi connectivity index (χ3n) is 2.01. The van der Waals surface area contributed by atoms with Gasteiger partial charge in [0.2, 0.25) is 0 Å². The van der Waals surface area contributed by atoms with Crippen LogP contribution in [0.25, 0.3) is 0 Å². The number of rotatable bonds is 7. The molecule has 0 rings (SSSR count). The second-order valence-corrected chi connectivity index (χ2v) is 3.04. The Labute approximate surface area is 77.6 Å². The lowest BCUT2D eigenvalue weighted by molar-refractivity contribution is -0.312. The summed E-state index contributed by atoms with van der Waals surface area (Å²) in [6.45, 7) is 1.78. The van der Waals surface area contributed by atoms with Gasteiger partial charge >= 0.3 is 0 Å². The molecule has 0 aromatic rings. The lowest BCUT2D eigenvalue weighted by atomic mass is 9.99. The first-order valence-electron chi connectivity index (χ1n) is 4.48. The molecular weight excluding hydrogens is 172 g/mol. The molecule has 1 atom stereocenters. The van der Waals surface area contributed by atoms with Gasteiger partial charge in [-0.25, -0.2) is 0 Å². The van der Waals surface area contributed by atoms with E-state index >= 15 is 0 Å². The van der Waals surface area contributed by atoms with Crippen LogP contribution in [0.2, 0.25) is 0 Å². The highest BCUT2D eigenvalue weighted by molar-refractivity contribution is 5.67. The summed E-state index contributed by atoms with van der Waals surface area (Å²) >= 11 is 0. The quantitative estimate of drug-likeness (QED) is 0.481.